The molecule has 0 radical (unpaired) electrons. The molecule has 1 aliphatic rings. The van der Waals surface area contributed by atoms with E-state index >= 15 is 0 Å². The summed E-state index contributed by atoms with van der Waals surface area (Å²) in [5.41, 5.74) is 1.56. The number of ether oxygens (including phenoxy) is 1. The first-order valence-electron chi connectivity index (χ1n) is 9.44. The molecule has 6 heteroatoms. The van der Waals surface area contributed by atoms with Crippen molar-refractivity contribution in [2.45, 2.75) is 31.8 Å². The van der Waals surface area contributed by atoms with Gasteiger partial charge in [0.05, 0.1) is 24.6 Å². The van der Waals surface area contributed by atoms with E-state index in [1.54, 1.807) is 20.2 Å². The third kappa shape index (κ3) is 3.63. The summed E-state index contributed by atoms with van der Waals surface area (Å²) in [6.45, 7) is 0.567. The predicted octanol–water partition coefficient (Wildman–Crippen LogP) is 2.68. The van der Waals surface area contributed by atoms with E-state index in [2.05, 4.69) is 5.10 Å². The maximum absolute atomic E-state index is 13.1. The molecule has 1 aromatic heterocycles. The van der Waals surface area contributed by atoms with Crippen LogP contribution in [0.25, 0.3) is 10.8 Å². The van der Waals surface area contributed by atoms with Crippen molar-refractivity contribution < 1.29 is 9.53 Å². The summed E-state index contributed by atoms with van der Waals surface area (Å²) in [4.78, 5) is 27.4. The van der Waals surface area contributed by atoms with Crippen LogP contribution in [0.15, 0.2) is 53.3 Å². The minimum absolute atomic E-state index is 0.0367. The largest absolute Gasteiger partial charge is 0.497 e. The van der Waals surface area contributed by atoms with Gasteiger partial charge in [-0.15, -0.1) is 0 Å². The van der Waals surface area contributed by atoms with E-state index < -0.39 is 0 Å². The van der Waals surface area contributed by atoms with Crippen LogP contribution in [0, 0.1) is 0 Å². The number of aromatic nitrogens is 2. The normalized spacial score (nSPS) is 13.5. The summed E-state index contributed by atoms with van der Waals surface area (Å²) in [5.74, 6) is 0.837. The molecule has 144 valence electrons. The van der Waals surface area contributed by atoms with Crippen LogP contribution in [0.1, 0.15) is 24.1 Å². The fourth-order valence-corrected chi connectivity index (χ4v) is 3.49. The number of hydrogen-bond donors (Lipinski definition) is 0. The molecule has 0 saturated heterocycles. The molecular formula is C22H23N3O3. The Hall–Kier alpha value is -3.15. The molecule has 0 N–H and O–H groups in total. The highest BCUT2D eigenvalue weighted by molar-refractivity contribution is 5.88. The molecule has 1 amide bonds. The molecule has 0 unspecified atom stereocenters. The smallest absolute Gasteiger partial charge is 0.274 e. The van der Waals surface area contributed by atoms with Crippen molar-refractivity contribution in [3.05, 3.63) is 70.1 Å². The fraction of sp³-hybridized carbons (Fsp3) is 0.318. The maximum atomic E-state index is 13.1. The highest BCUT2D eigenvalue weighted by Crippen LogP contribution is 2.29. The molecule has 0 atom stereocenters. The van der Waals surface area contributed by atoms with Crippen molar-refractivity contribution in [3.63, 3.8) is 0 Å². The van der Waals surface area contributed by atoms with Gasteiger partial charge >= 0.3 is 0 Å². The number of methoxy groups -OCH3 is 1. The van der Waals surface area contributed by atoms with Crippen molar-refractivity contribution in [1.29, 1.82) is 0 Å². The number of aryl methyl sites for hydroxylation is 1. The van der Waals surface area contributed by atoms with Gasteiger partial charge in [0.25, 0.3) is 5.56 Å². The quantitative estimate of drug-likeness (QED) is 0.663. The summed E-state index contributed by atoms with van der Waals surface area (Å²) < 4.78 is 6.52. The van der Waals surface area contributed by atoms with Gasteiger partial charge in [0.2, 0.25) is 5.91 Å². The Morgan fingerprint density at radius 1 is 1.14 bits per heavy atom. The first-order chi connectivity index (χ1) is 13.6. The lowest BCUT2D eigenvalue weighted by molar-refractivity contribution is -0.131. The number of carbonyl (C=O) groups is 1. The monoisotopic (exact) mass is 377 g/mol. The molecular weight excluding hydrogens is 354 g/mol. The van der Waals surface area contributed by atoms with Gasteiger partial charge in [-0.1, -0.05) is 30.3 Å². The zero-order chi connectivity index (χ0) is 19.7. The summed E-state index contributed by atoms with van der Waals surface area (Å²) in [7, 11) is 3.26. The van der Waals surface area contributed by atoms with Gasteiger partial charge in [0, 0.05) is 25.0 Å². The number of benzene rings is 2. The van der Waals surface area contributed by atoms with Crippen LogP contribution in [0.5, 0.6) is 5.75 Å². The van der Waals surface area contributed by atoms with E-state index in [1.165, 1.54) is 4.68 Å². The Morgan fingerprint density at radius 3 is 2.46 bits per heavy atom. The first kappa shape index (κ1) is 18.2. The molecule has 1 saturated carbocycles. The van der Waals surface area contributed by atoms with E-state index in [4.69, 9.17) is 4.74 Å². The van der Waals surface area contributed by atoms with Crippen molar-refractivity contribution >= 4 is 16.7 Å². The topological polar surface area (TPSA) is 64.4 Å². The highest BCUT2D eigenvalue weighted by Gasteiger charge is 2.33. The molecule has 6 nitrogen and oxygen atoms in total. The zero-order valence-electron chi connectivity index (χ0n) is 16.1. The van der Waals surface area contributed by atoms with Crippen LogP contribution in [-0.2, 0) is 24.8 Å². The van der Waals surface area contributed by atoms with E-state index in [1.807, 2.05) is 47.4 Å². The van der Waals surface area contributed by atoms with Gasteiger partial charge < -0.3 is 9.64 Å². The van der Waals surface area contributed by atoms with E-state index in [-0.39, 0.29) is 23.9 Å². The highest BCUT2D eigenvalue weighted by atomic mass is 16.5. The maximum Gasteiger partial charge on any atom is 0.274 e. The number of fused-ring (bicyclic) bond motifs is 1. The van der Waals surface area contributed by atoms with Gasteiger partial charge in [0.15, 0.2) is 0 Å². The molecule has 3 aromatic rings. The van der Waals surface area contributed by atoms with Gasteiger partial charge in [0.1, 0.15) is 5.75 Å². The van der Waals surface area contributed by atoms with Crippen molar-refractivity contribution in [1.82, 2.24) is 14.7 Å². The molecule has 1 heterocycles. The Bertz CT molecular complexity index is 1070. The van der Waals surface area contributed by atoms with Crippen LogP contribution in [0.2, 0.25) is 0 Å². The number of nitrogens with zero attached hydrogens (tertiary/aromatic N) is 3. The van der Waals surface area contributed by atoms with Crippen LogP contribution >= 0.6 is 0 Å². The molecule has 4 rings (SSSR count). The summed E-state index contributed by atoms with van der Waals surface area (Å²) in [6.07, 6.45) is 2.24. The predicted molar refractivity (Wildman–Crippen MR) is 107 cm³/mol. The summed E-state index contributed by atoms with van der Waals surface area (Å²) in [6, 6.07) is 15.4. The van der Waals surface area contributed by atoms with Crippen LogP contribution in [-0.4, -0.2) is 33.7 Å². The average Bonchev–Trinajstić information content (AvgIpc) is 3.55. The summed E-state index contributed by atoms with van der Waals surface area (Å²) in [5, 5.41) is 5.72. The van der Waals surface area contributed by atoms with Gasteiger partial charge in [-0.25, -0.2) is 4.68 Å². The second-order valence-corrected chi connectivity index (χ2v) is 7.20. The van der Waals surface area contributed by atoms with Crippen LogP contribution in [0.3, 0.4) is 0 Å². The van der Waals surface area contributed by atoms with Gasteiger partial charge in [-0.05, 0) is 36.6 Å². The number of carbonyl (C=O) groups excluding carboxylic acids is 1. The van der Waals surface area contributed by atoms with Gasteiger partial charge in [-0.2, -0.15) is 5.10 Å². The minimum atomic E-state index is -0.149. The number of amides is 1. The van der Waals surface area contributed by atoms with Crippen molar-refractivity contribution in [2.75, 3.05) is 7.11 Å². The average molecular weight is 377 g/mol. The Labute approximate surface area is 163 Å². The number of hydrogen-bond acceptors (Lipinski definition) is 4. The second kappa shape index (κ2) is 7.46. The molecule has 0 bridgehead atoms. The Balaban J connectivity index is 1.60. The molecule has 1 aliphatic carbocycles. The Morgan fingerprint density at radius 2 is 1.82 bits per heavy atom. The first-order valence-corrected chi connectivity index (χ1v) is 9.44. The standard InChI is InChI=1S/C22H23N3O3/c1-24-22(27)19-6-4-3-5-18(19)20(23-24)13-21(26)25(16-9-10-16)14-15-7-11-17(28-2)12-8-15/h3-8,11-12,16H,9-10,13-14H2,1-2H3. The SMILES string of the molecule is COc1ccc(CN(C(=O)Cc2nn(C)c(=O)c3ccccc23)C2CC2)cc1. The lowest BCUT2D eigenvalue weighted by Crippen LogP contribution is -2.34. The van der Waals surface area contributed by atoms with Crippen molar-refractivity contribution in [2.24, 2.45) is 7.05 Å². The van der Waals surface area contributed by atoms with E-state index in [0.717, 1.165) is 29.5 Å². The lowest BCUT2D eigenvalue weighted by atomic mass is 10.1. The summed E-state index contributed by atoms with van der Waals surface area (Å²) >= 11 is 0. The fourth-order valence-electron chi connectivity index (χ4n) is 3.49. The third-order valence-electron chi connectivity index (χ3n) is 5.17. The van der Waals surface area contributed by atoms with Crippen molar-refractivity contribution in [3.8, 4) is 5.75 Å². The Kier molecular flexibility index (Phi) is 4.86. The molecule has 0 aliphatic heterocycles. The van der Waals surface area contributed by atoms with Crippen LogP contribution in [0.4, 0.5) is 0 Å². The second-order valence-electron chi connectivity index (χ2n) is 7.20. The molecule has 1 fully saturated rings. The molecule has 28 heavy (non-hydrogen) atoms. The molecule has 0 spiro atoms. The van der Waals surface area contributed by atoms with Crippen LogP contribution < -0.4 is 10.3 Å². The minimum Gasteiger partial charge on any atom is -0.497 e. The van der Waals surface area contributed by atoms with Gasteiger partial charge in [-0.3, -0.25) is 9.59 Å². The van der Waals surface area contributed by atoms with E-state index in [0.29, 0.717) is 17.6 Å². The lowest BCUT2D eigenvalue weighted by Gasteiger charge is -2.23. The zero-order valence-corrected chi connectivity index (χ0v) is 16.1. The molecule has 2 aromatic carbocycles. The number of rotatable bonds is 6. The third-order valence-corrected chi connectivity index (χ3v) is 5.17. The van der Waals surface area contributed by atoms with E-state index in [9.17, 15) is 9.59 Å².